The molecule has 0 radical (unpaired) electrons. The maximum atomic E-state index is 12.2. The molecule has 0 atom stereocenters. The van der Waals surface area contributed by atoms with Gasteiger partial charge in [-0.3, -0.25) is 9.18 Å². The van der Waals surface area contributed by atoms with Crippen LogP contribution < -0.4 is 10.1 Å². The summed E-state index contributed by atoms with van der Waals surface area (Å²) in [6.45, 7) is 3.76. The van der Waals surface area contributed by atoms with Gasteiger partial charge in [0.15, 0.2) is 0 Å². The molecule has 1 amide bonds. The van der Waals surface area contributed by atoms with Crippen molar-refractivity contribution in [3.05, 3.63) is 28.2 Å². The van der Waals surface area contributed by atoms with E-state index in [2.05, 4.69) is 26.1 Å². The summed E-state index contributed by atoms with van der Waals surface area (Å²) >= 11 is 3.39. The molecule has 0 bridgehead atoms. The third kappa shape index (κ3) is 6.11. The van der Waals surface area contributed by atoms with Gasteiger partial charge in [0.05, 0.1) is 17.8 Å². The number of carbonyl (C=O) groups excluding carboxylic acids is 1. The van der Waals surface area contributed by atoms with Crippen LogP contribution in [0.2, 0.25) is 0 Å². The number of halogens is 2. The molecule has 0 spiro atoms. The molecule has 0 unspecified atom stereocenters. The second-order valence-corrected chi connectivity index (χ2v) is 6.55. The highest BCUT2D eigenvalue weighted by molar-refractivity contribution is 9.10. The van der Waals surface area contributed by atoms with Crippen LogP contribution in [0.25, 0.3) is 0 Å². The normalized spacial score (nSPS) is 15.4. The fourth-order valence-electron chi connectivity index (χ4n) is 2.61. The molecule has 0 aliphatic carbocycles. The van der Waals surface area contributed by atoms with Crippen LogP contribution in [0, 0.1) is 0 Å². The zero-order valence-corrected chi connectivity index (χ0v) is 14.9. The lowest BCUT2D eigenvalue weighted by Crippen LogP contribution is -2.37. The smallest absolute Gasteiger partial charge is 0.251 e. The number of rotatable bonds is 8. The Bertz CT molecular complexity index is 507. The number of hydrogen-bond donors (Lipinski definition) is 1. The number of amides is 1. The number of hydrogen-bond acceptors (Lipinski definition) is 3. The van der Waals surface area contributed by atoms with E-state index < -0.39 is 6.67 Å². The minimum Gasteiger partial charge on any atom is -0.492 e. The van der Waals surface area contributed by atoms with Crippen LogP contribution in [0.3, 0.4) is 0 Å². The van der Waals surface area contributed by atoms with Gasteiger partial charge in [-0.15, -0.1) is 0 Å². The molecule has 1 heterocycles. The number of carbonyl (C=O) groups is 1. The summed E-state index contributed by atoms with van der Waals surface area (Å²) in [5.74, 6) is 0.543. The first-order valence-electron chi connectivity index (χ1n) is 8.19. The average Bonchev–Trinajstić information content (AvgIpc) is 2.57. The van der Waals surface area contributed by atoms with E-state index in [1.54, 1.807) is 18.2 Å². The lowest BCUT2D eigenvalue weighted by molar-refractivity contribution is 0.0946. The first kappa shape index (κ1) is 18.2. The minimum atomic E-state index is -0.394. The number of nitrogens with one attached hydrogen (secondary N) is 1. The topological polar surface area (TPSA) is 41.6 Å². The molecule has 0 aromatic heterocycles. The molecule has 1 aliphatic rings. The summed E-state index contributed by atoms with van der Waals surface area (Å²) in [5.41, 5.74) is 0.591. The van der Waals surface area contributed by atoms with Gasteiger partial charge in [0, 0.05) is 25.1 Å². The van der Waals surface area contributed by atoms with Crippen molar-refractivity contribution in [2.24, 2.45) is 0 Å². The lowest BCUT2D eigenvalue weighted by atomic mass is 10.1. The SMILES string of the molecule is O=C(NCCN1CCCCC1)c1ccc(OCCC[18F])c(Br)c1. The monoisotopic (exact) mass is 385 g/mol. The van der Waals surface area contributed by atoms with Gasteiger partial charge in [-0.25, -0.2) is 0 Å². The zero-order valence-electron chi connectivity index (χ0n) is 13.3. The number of benzene rings is 1. The lowest BCUT2D eigenvalue weighted by Gasteiger charge is -2.26. The minimum absolute atomic E-state index is 0.0852. The summed E-state index contributed by atoms with van der Waals surface area (Å²) in [5, 5.41) is 2.95. The molecule has 1 aromatic rings. The summed E-state index contributed by atoms with van der Waals surface area (Å²) in [7, 11) is 0. The van der Waals surface area contributed by atoms with Crippen LogP contribution in [-0.4, -0.2) is 50.3 Å². The van der Waals surface area contributed by atoms with E-state index >= 15 is 0 Å². The van der Waals surface area contributed by atoms with Gasteiger partial charge in [-0.2, -0.15) is 0 Å². The van der Waals surface area contributed by atoms with Gasteiger partial charge in [-0.1, -0.05) is 6.42 Å². The standard InChI is InChI=1S/C17H24BrFN2O2/c18-15-13-14(5-6-16(15)23-12-4-7-19)17(22)20-8-11-21-9-2-1-3-10-21/h5-6,13H,1-4,7-12H2,(H,20,22)/i19-1. The van der Waals surface area contributed by atoms with Crippen molar-refractivity contribution in [2.45, 2.75) is 25.7 Å². The summed E-state index contributed by atoms with van der Waals surface area (Å²) in [6.07, 6.45) is 4.19. The molecular formula is C17H24BrFN2O2. The molecule has 1 saturated heterocycles. The van der Waals surface area contributed by atoms with Crippen molar-refractivity contribution >= 4 is 21.8 Å². The van der Waals surface area contributed by atoms with Crippen LogP contribution in [0.5, 0.6) is 5.75 Å². The predicted molar refractivity (Wildman–Crippen MR) is 92.9 cm³/mol. The average molecular weight is 386 g/mol. The summed E-state index contributed by atoms with van der Waals surface area (Å²) in [4.78, 5) is 14.6. The molecule has 128 valence electrons. The van der Waals surface area contributed by atoms with Gasteiger partial charge in [0.2, 0.25) is 0 Å². The fraction of sp³-hybridized carbons (Fsp3) is 0.588. The van der Waals surface area contributed by atoms with Crippen molar-refractivity contribution in [3.63, 3.8) is 0 Å². The highest BCUT2D eigenvalue weighted by Crippen LogP contribution is 2.26. The Morgan fingerprint density at radius 2 is 2.09 bits per heavy atom. The van der Waals surface area contributed by atoms with Gasteiger partial charge in [-0.05, 0) is 60.1 Å². The van der Waals surface area contributed by atoms with Crippen molar-refractivity contribution in [1.29, 1.82) is 0 Å². The Morgan fingerprint density at radius 1 is 1.30 bits per heavy atom. The van der Waals surface area contributed by atoms with Gasteiger partial charge < -0.3 is 15.0 Å². The van der Waals surface area contributed by atoms with Crippen molar-refractivity contribution in [2.75, 3.05) is 39.5 Å². The molecule has 1 fully saturated rings. The maximum Gasteiger partial charge on any atom is 0.251 e. The Hall–Kier alpha value is -1.14. The largest absolute Gasteiger partial charge is 0.492 e. The van der Waals surface area contributed by atoms with E-state index in [0.29, 0.717) is 35.4 Å². The Morgan fingerprint density at radius 3 is 2.78 bits per heavy atom. The van der Waals surface area contributed by atoms with E-state index in [1.807, 2.05) is 0 Å². The first-order chi connectivity index (χ1) is 11.2. The molecular weight excluding hydrogens is 362 g/mol. The van der Waals surface area contributed by atoms with Crippen LogP contribution in [0.4, 0.5) is 4.39 Å². The molecule has 1 N–H and O–H groups in total. The molecule has 4 nitrogen and oxygen atoms in total. The van der Waals surface area contributed by atoms with Gasteiger partial charge >= 0.3 is 0 Å². The van der Waals surface area contributed by atoms with E-state index in [4.69, 9.17) is 4.74 Å². The van der Waals surface area contributed by atoms with Crippen molar-refractivity contribution < 1.29 is 13.9 Å². The van der Waals surface area contributed by atoms with E-state index in [0.717, 1.165) is 19.6 Å². The van der Waals surface area contributed by atoms with Crippen LogP contribution in [0.1, 0.15) is 36.0 Å². The molecule has 1 aromatic carbocycles. The Balaban J connectivity index is 1.78. The van der Waals surface area contributed by atoms with Crippen LogP contribution in [0.15, 0.2) is 22.7 Å². The Labute approximate surface area is 145 Å². The van der Waals surface area contributed by atoms with Gasteiger partial charge in [0.1, 0.15) is 5.75 Å². The third-order valence-corrected chi connectivity index (χ3v) is 4.51. The van der Waals surface area contributed by atoms with Gasteiger partial charge in [0.25, 0.3) is 5.91 Å². The number of ether oxygens (including phenoxy) is 1. The quantitative estimate of drug-likeness (QED) is 0.697. The second kappa shape index (κ2) is 9.88. The first-order valence-corrected chi connectivity index (χ1v) is 8.99. The number of nitrogens with zero attached hydrogens (tertiary/aromatic N) is 1. The number of alkyl halides is 1. The van der Waals surface area contributed by atoms with Crippen molar-refractivity contribution in [3.8, 4) is 5.75 Å². The summed E-state index contributed by atoms with van der Waals surface area (Å²) in [6, 6.07) is 5.20. The maximum absolute atomic E-state index is 12.2. The molecule has 6 heteroatoms. The number of piperidine rings is 1. The van der Waals surface area contributed by atoms with Crippen molar-refractivity contribution in [1.82, 2.24) is 10.2 Å². The summed E-state index contributed by atoms with van der Waals surface area (Å²) < 4.78 is 18.2. The molecule has 23 heavy (non-hydrogen) atoms. The zero-order chi connectivity index (χ0) is 16.5. The van der Waals surface area contributed by atoms with Crippen LogP contribution in [-0.2, 0) is 0 Å². The predicted octanol–water partition coefficient (Wildman–Crippen LogP) is 3.40. The van der Waals surface area contributed by atoms with E-state index in [-0.39, 0.29) is 5.91 Å². The van der Waals surface area contributed by atoms with E-state index in [1.165, 1.54) is 19.3 Å². The third-order valence-electron chi connectivity index (χ3n) is 3.89. The molecule has 2 rings (SSSR count). The van der Waals surface area contributed by atoms with Crippen LogP contribution >= 0.6 is 15.9 Å². The second-order valence-electron chi connectivity index (χ2n) is 5.69. The Kier molecular flexibility index (Phi) is 7.82. The van der Waals surface area contributed by atoms with E-state index in [9.17, 15) is 9.18 Å². The molecule has 0 saturated carbocycles. The fourth-order valence-corrected chi connectivity index (χ4v) is 3.10. The highest BCUT2D eigenvalue weighted by atomic mass is 79.9. The highest BCUT2D eigenvalue weighted by Gasteiger charge is 2.12. The number of likely N-dealkylation sites (tertiary alicyclic amines) is 1. The molecule has 1 aliphatic heterocycles.